The minimum Gasteiger partial charge on any atom is -0.385 e. The van der Waals surface area contributed by atoms with Crippen LogP contribution in [0.1, 0.15) is 24.8 Å². The standard InChI is InChI=1S/C18H28FN3O2/c1-21-10-7-17(8-11-21)22(9-4-12-24-2)18(23)20-14-15-5-3-6-16(19)13-15/h3,5-6,13,17H,4,7-12,14H2,1-2H3,(H,20,23). The third-order valence-corrected chi connectivity index (χ3v) is 4.47. The number of nitrogens with zero attached hydrogens (tertiary/aromatic N) is 2. The van der Waals surface area contributed by atoms with Crippen molar-refractivity contribution >= 4 is 6.03 Å². The van der Waals surface area contributed by atoms with Crippen molar-refractivity contribution in [1.29, 1.82) is 0 Å². The highest BCUT2D eigenvalue weighted by Gasteiger charge is 2.26. The molecule has 0 radical (unpaired) electrons. The van der Waals surface area contributed by atoms with Crippen LogP contribution >= 0.6 is 0 Å². The molecule has 0 aromatic heterocycles. The van der Waals surface area contributed by atoms with Crippen molar-refractivity contribution in [2.45, 2.75) is 31.8 Å². The molecule has 0 bridgehead atoms. The summed E-state index contributed by atoms with van der Waals surface area (Å²) in [6, 6.07) is 6.50. The second kappa shape index (κ2) is 9.59. The summed E-state index contributed by atoms with van der Waals surface area (Å²) < 4.78 is 18.4. The zero-order valence-corrected chi connectivity index (χ0v) is 14.6. The second-order valence-electron chi connectivity index (χ2n) is 6.36. The molecule has 6 heteroatoms. The Morgan fingerprint density at radius 3 is 2.83 bits per heavy atom. The molecule has 2 amide bonds. The first-order valence-electron chi connectivity index (χ1n) is 8.56. The number of amides is 2. The molecule has 1 aliphatic heterocycles. The number of hydrogen-bond acceptors (Lipinski definition) is 3. The zero-order chi connectivity index (χ0) is 17.4. The van der Waals surface area contributed by atoms with E-state index in [0.717, 1.165) is 37.9 Å². The van der Waals surface area contributed by atoms with Crippen molar-refractivity contribution in [3.8, 4) is 0 Å². The molecule has 1 aromatic carbocycles. The highest BCUT2D eigenvalue weighted by atomic mass is 19.1. The zero-order valence-electron chi connectivity index (χ0n) is 14.6. The van der Waals surface area contributed by atoms with E-state index in [1.807, 2.05) is 11.0 Å². The van der Waals surface area contributed by atoms with Crippen LogP contribution < -0.4 is 5.32 Å². The van der Waals surface area contributed by atoms with Crippen LogP contribution in [-0.4, -0.2) is 62.3 Å². The molecule has 1 aromatic rings. The topological polar surface area (TPSA) is 44.8 Å². The van der Waals surface area contributed by atoms with Crippen LogP contribution in [0.2, 0.25) is 0 Å². The van der Waals surface area contributed by atoms with E-state index in [-0.39, 0.29) is 17.9 Å². The highest BCUT2D eigenvalue weighted by molar-refractivity contribution is 5.74. The Kier molecular flexibility index (Phi) is 7.46. The van der Waals surface area contributed by atoms with Crippen molar-refractivity contribution < 1.29 is 13.9 Å². The minimum atomic E-state index is -0.283. The van der Waals surface area contributed by atoms with Gasteiger partial charge in [0.15, 0.2) is 0 Å². The van der Waals surface area contributed by atoms with E-state index in [2.05, 4.69) is 17.3 Å². The van der Waals surface area contributed by atoms with Gasteiger partial charge < -0.3 is 19.9 Å². The summed E-state index contributed by atoms with van der Waals surface area (Å²) in [5, 5.41) is 2.93. The van der Waals surface area contributed by atoms with E-state index in [1.165, 1.54) is 12.1 Å². The molecule has 0 atom stereocenters. The van der Waals surface area contributed by atoms with E-state index in [9.17, 15) is 9.18 Å². The maximum absolute atomic E-state index is 13.2. The lowest BCUT2D eigenvalue weighted by molar-refractivity contribution is 0.118. The lowest BCUT2D eigenvalue weighted by Crippen LogP contribution is -2.50. The highest BCUT2D eigenvalue weighted by Crippen LogP contribution is 2.16. The summed E-state index contributed by atoms with van der Waals surface area (Å²) >= 11 is 0. The van der Waals surface area contributed by atoms with Crippen LogP contribution in [0.3, 0.4) is 0 Å². The number of urea groups is 1. The van der Waals surface area contributed by atoms with Gasteiger partial charge in [0.25, 0.3) is 0 Å². The number of benzene rings is 1. The number of nitrogens with one attached hydrogen (secondary N) is 1. The first-order valence-corrected chi connectivity index (χ1v) is 8.56. The molecule has 1 saturated heterocycles. The van der Waals surface area contributed by atoms with Crippen molar-refractivity contribution in [1.82, 2.24) is 15.1 Å². The van der Waals surface area contributed by atoms with Gasteiger partial charge in [-0.25, -0.2) is 9.18 Å². The van der Waals surface area contributed by atoms with Crippen LogP contribution in [0.25, 0.3) is 0 Å². The Hall–Kier alpha value is -1.66. The number of piperidine rings is 1. The van der Waals surface area contributed by atoms with Crippen LogP contribution in [0.5, 0.6) is 0 Å². The molecule has 0 spiro atoms. The largest absolute Gasteiger partial charge is 0.385 e. The van der Waals surface area contributed by atoms with Gasteiger partial charge in [-0.3, -0.25) is 0 Å². The first kappa shape index (κ1) is 18.7. The van der Waals surface area contributed by atoms with E-state index >= 15 is 0 Å². The molecule has 1 N–H and O–H groups in total. The van der Waals surface area contributed by atoms with Crippen molar-refractivity contribution in [2.75, 3.05) is 40.4 Å². The maximum Gasteiger partial charge on any atom is 0.317 e. The molecule has 1 aliphatic rings. The summed E-state index contributed by atoms with van der Waals surface area (Å²) in [7, 11) is 3.78. The number of halogens is 1. The molecule has 24 heavy (non-hydrogen) atoms. The maximum atomic E-state index is 13.2. The summed E-state index contributed by atoms with van der Waals surface area (Å²) in [4.78, 5) is 16.9. The lowest BCUT2D eigenvalue weighted by atomic mass is 10.0. The number of methoxy groups -OCH3 is 1. The molecule has 0 aliphatic carbocycles. The number of likely N-dealkylation sites (tertiary alicyclic amines) is 1. The van der Waals surface area contributed by atoms with Gasteiger partial charge in [0.2, 0.25) is 0 Å². The predicted octanol–water partition coefficient (Wildman–Crippen LogP) is 2.47. The summed E-state index contributed by atoms with van der Waals surface area (Å²) in [6.07, 6.45) is 2.78. The summed E-state index contributed by atoms with van der Waals surface area (Å²) in [5.41, 5.74) is 0.767. The SMILES string of the molecule is COCCCN(C(=O)NCc1cccc(F)c1)C1CCN(C)CC1. The molecule has 0 unspecified atom stereocenters. The van der Waals surface area contributed by atoms with Gasteiger partial charge in [-0.2, -0.15) is 0 Å². The van der Waals surface area contributed by atoms with Gasteiger partial charge in [0, 0.05) is 32.8 Å². The molecule has 1 heterocycles. The Bertz CT molecular complexity index is 519. The summed E-state index contributed by atoms with van der Waals surface area (Å²) in [6.45, 7) is 3.66. The number of ether oxygens (including phenoxy) is 1. The fourth-order valence-electron chi connectivity index (χ4n) is 3.06. The van der Waals surface area contributed by atoms with Gasteiger partial charge >= 0.3 is 6.03 Å². The van der Waals surface area contributed by atoms with Gasteiger partial charge in [-0.05, 0) is 57.1 Å². The molecule has 2 rings (SSSR count). The molecule has 5 nitrogen and oxygen atoms in total. The van der Waals surface area contributed by atoms with Crippen molar-refractivity contribution in [3.63, 3.8) is 0 Å². The van der Waals surface area contributed by atoms with Gasteiger partial charge in [-0.15, -0.1) is 0 Å². The molecular formula is C18H28FN3O2. The van der Waals surface area contributed by atoms with E-state index in [1.54, 1.807) is 13.2 Å². The van der Waals surface area contributed by atoms with Gasteiger partial charge in [0.1, 0.15) is 5.82 Å². The van der Waals surface area contributed by atoms with Crippen LogP contribution in [0, 0.1) is 5.82 Å². The number of hydrogen-bond donors (Lipinski definition) is 1. The average molecular weight is 337 g/mol. The Balaban J connectivity index is 1.92. The molecule has 134 valence electrons. The van der Waals surface area contributed by atoms with Crippen LogP contribution in [-0.2, 0) is 11.3 Å². The van der Waals surface area contributed by atoms with Gasteiger partial charge in [0.05, 0.1) is 0 Å². The monoisotopic (exact) mass is 337 g/mol. The summed E-state index contributed by atoms with van der Waals surface area (Å²) in [5.74, 6) is -0.283. The minimum absolute atomic E-state index is 0.0788. The third-order valence-electron chi connectivity index (χ3n) is 4.47. The quantitative estimate of drug-likeness (QED) is 0.778. The van der Waals surface area contributed by atoms with E-state index in [4.69, 9.17) is 4.74 Å². The van der Waals surface area contributed by atoms with Crippen LogP contribution in [0.4, 0.5) is 9.18 Å². The fourth-order valence-corrected chi connectivity index (χ4v) is 3.06. The second-order valence-corrected chi connectivity index (χ2v) is 6.36. The van der Waals surface area contributed by atoms with Gasteiger partial charge in [-0.1, -0.05) is 12.1 Å². The predicted molar refractivity (Wildman–Crippen MR) is 92.4 cm³/mol. The van der Waals surface area contributed by atoms with Crippen molar-refractivity contribution in [2.24, 2.45) is 0 Å². The Morgan fingerprint density at radius 1 is 1.42 bits per heavy atom. The molecule has 0 saturated carbocycles. The smallest absolute Gasteiger partial charge is 0.317 e. The van der Waals surface area contributed by atoms with Crippen molar-refractivity contribution in [3.05, 3.63) is 35.6 Å². The third kappa shape index (κ3) is 5.76. The number of carbonyl (C=O) groups excluding carboxylic acids is 1. The first-order chi connectivity index (χ1) is 11.6. The van der Waals surface area contributed by atoms with Crippen LogP contribution in [0.15, 0.2) is 24.3 Å². The Labute approximate surface area is 143 Å². The normalized spacial score (nSPS) is 16.1. The number of carbonyl (C=O) groups is 1. The van der Waals surface area contributed by atoms with E-state index in [0.29, 0.717) is 19.7 Å². The Morgan fingerprint density at radius 2 is 2.17 bits per heavy atom. The van der Waals surface area contributed by atoms with E-state index < -0.39 is 0 Å². The number of rotatable bonds is 7. The molecular weight excluding hydrogens is 309 g/mol. The molecule has 1 fully saturated rings. The average Bonchev–Trinajstić information content (AvgIpc) is 2.58. The fraction of sp³-hybridized carbons (Fsp3) is 0.611. The lowest BCUT2D eigenvalue weighted by Gasteiger charge is -2.37.